The van der Waals surface area contributed by atoms with Gasteiger partial charge in [-0.1, -0.05) is 95.1 Å². The van der Waals surface area contributed by atoms with Crippen LogP contribution in [0.3, 0.4) is 0 Å². The number of halogens is 6. The maximum atomic E-state index is 16.8. The van der Waals surface area contributed by atoms with Gasteiger partial charge in [-0.25, -0.2) is 0 Å². The number of carbonyl (C=O) groups excluding carboxylic acids is 6. The molecule has 6 aliphatic rings. The quantitative estimate of drug-likeness (QED) is 0.0107. The van der Waals surface area contributed by atoms with E-state index < -0.39 is 95.0 Å². The number of epoxide rings is 4. The van der Waals surface area contributed by atoms with Crippen LogP contribution in [0.1, 0.15) is 76.5 Å². The van der Waals surface area contributed by atoms with Gasteiger partial charge < -0.3 is 59.2 Å². The highest BCUT2D eigenvalue weighted by atomic mass is 19.4. The smallest absolute Gasteiger partial charge is 0.391 e. The molecule has 6 unspecified atom stereocenters. The van der Waals surface area contributed by atoms with Gasteiger partial charge in [-0.3, -0.25) is 48.4 Å². The number of rotatable bonds is 30. The van der Waals surface area contributed by atoms with Crippen molar-refractivity contribution < 1.29 is 93.0 Å². The third kappa shape index (κ3) is 16.3. The van der Waals surface area contributed by atoms with Crippen molar-refractivity contribution >= 4 is 124 Å². The molecule has 0 spiro atoms. The number of aryl methyl sites for hydroxylation is 4. The predicted octanol–water partition coefficient (Wildman–Crippen LogP) is 19.9. The third-order valence-electron chi connectivity index (χ3n) is 22.6. The summed E-state index contributed by atoms with van der Waals surface area (Å²) in [6, 6.07) is 51.9. The number of fused-ring (bicyclic) bond motifs is 2. The van der Waals surface area contributed by atoms with Crippen LogP contribution in [-0.4, -0.2) is 147 Å². The van der Waals surface area contributed by atoms with Crippen LogP contribution >= 0.6 is 0 Å². The van der Waals surface area contributed by atoms with Crippen LogP contribution in [0.4, 0.5) is 71.8 Å². The summed E-state index contributed by atoms with van der Waals surface area (Å²) in [6.45, 7) is 10.7. The largest absolute Gasteiger partial charge is 0.457 e. The first kappa shape index (κ1) is 80.0. The molecule has 13 aromatic rings. The van der Waals surface area contributed by atoms with Gasteiger partial charge in [0, 0.05) is 92.0 Å². The second-order valence-corrected chi connectivity index (χ2v) is 31.9. The number of hydrogen-bond donors (Lipinski definition) is 4. The zero-order valence-corrected chi connectivity index (χ0v) is 67.1. The summed E-state index contributed by atoms with van der Waals surface area (Å²) in [4.78, 5) is 103. The molecule has 0 bridgehead atoms. The van der Waals surface area contributed by atoms with E-state index in [1.165, 1.54) is 48.5 Å². The maximum absolute atomic E-state index is 16.8. The molecular weight excluding hydrogens is 1600 g/mol. The van der Waals surface area contributed by atoms with E-state index in [0.29, 0.717) is 85.2 Å². The first-order valence-electron chi connectivity index (χ1n) is 40.5. The molecule has 6 atom stereocenters. The number of benzene rings is 13. The van der Waals surface area contributed by atoms with Gasteiger partial charge in [0.25, 0.3) is 35.4 Å². The van der Waals surface area contributed by atoms with Crippen molar-refractivity contribution in [2.45, 2.75) is 89.4 Å². The Bertz CT molecular complexity index is 5730. The second-order valence-electron chi connectivity index (χ2n) is 31.9. The summed E-state index contributed by atoms with van der Waals surface area (Å²) in [5.41, 5.74) is 3.36. The van der Waals surface area contributed by atoms with E-state index in [9.17, 15) is 0 Å². The molecule has 0 aliphatic carbocycles. The van der Waals surface area contributed by atoms with E-state index in [0.717, 1.165) is 32.1 Å². The molecule has 6 heterocycles. The minimum atomic E-state index is -5.28. The number of amides is 6. The van der Waals surface area contributed by atoms with Crippen molar-refractivity contribution in [2.75, 3.05) is 83.7 Å². The Morgan fingerprint density at radius 1 is 0.347 bits per heavy atom. The number of ether oxygens (including phenoxy) is 8. The lowest BCUT2D eigenvalue weighted by Crippen LogP contribution is -2.55. The molecule has 4 fully saturated rings. The lowest BCUT2D eigenvalue weighted by atomic mass is 9.80. The summed E-state index contributed by atoms with van der Waals surface area (Å²) >= 11 is 0. The Morgan fingerprint density at radius 3 is 0.782 bits per heavy atom. The summed E-state index contributed by atoms with van der Waals surface area (Å²) in [6.07, 6.45) is -15.2. The Morgan fingerprint density at radius 2 is 0.573 bits per heavy atom. The highest BCUT2D eigenvalue weighted by Gasteiger charge is 2.52. The van der Waals surface area contributed by atoms with Crippen LogP contribution in [-0.2, 0) is 28.5 Å². The van der Waals surface area contributed by atoms with E-state index in [1.807, 2.05) is 27.7 Å². The van der Waals surface area contributed by atoms with Gasteiger partial charge >= 0.3 is 12.4 Å². The van der Waals surface area contributed by atoms with Crippen molar-refractivity contribution in [3.63, 3.8) is 0 Å². The van der Waals surface area contributed by atoms with Crippen LogP contribution in [0.2, 0.25) is 0 Å². The summed E-state index contributed by atoms with van der Waals surface area (Å²) in [5, 5.41) is 12.4. The van der Waals surface area contributed by atoms with Crippen LogP contribution in [0, 0.1) is 27.7 Å². The minimum Gasteiger partial charge on any atom is -0.457 e. The van der Waals surface area contributed by atoms with Crippen LogP contribution in [0.5, 0.6) is 46.0 Å². The van der Waals surface area contributed by atoms with Crippen molar-refractivity contribution in [1.82, 2.24) is 9.80 Å². The zero-order chi connectivity index (χ0) is 85.7. The monoisotopic (exact) mass is 1680 g/mol. The second kappa shape index (κ2) is 31.9. The van der Waals surface area contributed by atoms with Crippen molar-refractivity contribution in [3.8, 4) is 46.0 Å². The number of carbonyl (C=O) groups is 6. The van der Waals surface area contributed by atoms with Crippen molar-refractivity contribution in [1.29, 1.82) is 0 Å². The van der Waals surface area contributed by atoms with Gasteiger partial charge in [0.05, 0.1) is 109 Å². The normalized spacial score (nSPS) is 17.4. The number of hydrogen-bond acceptors (Lipinski definition) is 18. The highest BCUT2D eigenvalue weighted by Crippen LogP contribution is 2.59. The number of alkyl halides is 6. The number of imide groups is 2. The molecule has 124 heavy (non-hydrogen) atoms. The van der Waals surface area contributed by atoms with Gasteiger partial charge in [0.15, 0.2) is 0 Å². The number of nitrogens with zero attached hydrogens (tertiary/aromatic N) is 4. The van der Waals surface area contributed by atoms with Gasteiger partial charge in [0.2, 0.25) is 0 Å². The van der Waals surface area contributed by atoms with E-state index in [1.54, 1.807) is 170 Å². The van der Waals surface area contributed by atoms with Gasteiger partial charge in [-0.05, 0) is 173 Å². The molecule has 13 aromatic carbocycles. The molecule has 22 nitrogen and oxygen atoms in total. The summed E-state index contributed by atoms with van der Waals surface area (Å²) < 4.78 is 148. The minimum absolute atomic E-state index is 0.0398. The SMILES string of the molecule is Cc1ccc(Oc2cc3c4c(cc(Oc5ccc(C)cc5)c5c6c(Oc7ccc(C)cc7)cc7c8c(cc(Oc9ccc(C)cc9)c(c2c45)c86)C(=O)N(C(CC(F)(F)F)C(=O)N(c2cccc(NCC4CO4)c2)c2cccc(NCC4CO4)c2)C7=O)C(=O)N(C(CC(F)(F)F)C(=O)N(c2cccc(NCC4CO4)c2)c2cccc(NCC4CO4)c2)C3=O)cc1. The van der Waals surface area contributed by atoms with E-state index >= 15 is 55.1 Å². The van der Waals surface area contributed by atoms with Crippen LogP contribution in [0.15, 0.2) is 218 Å². The Hall–Kier alpha value is -13.8. The van der Waals surface area contributed by atoms with E-state index in [4.69, 9.17) is 37.9 Å². The topological polar surface area (TPSA) is 251 Å². The van der Waals surface area contributed by atoms with E-state index in [2.05, 4.69) is 21.3 Å². The Kier molecular flexibility index (Phi) is 20.6. The first-order chi connectivity index (χ1) is 59.8. The van der Waals surface area contributed by atoms with Gasteiger partial charge in [0.1, 0.15) is 58.1 Å². The van der Waals surface area contributed by atoms with Crippen LogP contribution < -0.4 is 50.0 Å². The Balaban J connectivity index is 0.872. The molecule has 0 aromatic heterocycles. The molecule has 6 amide bonds. The first-order valence-corrected chi connectivity index (χ1v) is 40.5. The van der Waals surface area contributed by atoms with Gasteiger partial charge in [-0.15, -0.1) is 0 Å². The molecule has 19 rings (SSSR count). The fraction of sp³-hybridized carbons (Fsp3) is 0.229. The fourth-order valence-corrected chi connectivity index (χ4v) is 16.2. The number of anilines is 8. The molecule has 4 saturated heterocycles. The zero-order valence-electron chi connectivity index (χ0n) is 67.1. The van der Waals surface area contributed by atoms with Crippen molar-refractivity contribution in [2.24, 2.45) is 0 Å². The maximum Gasteiger partial charge on any atom is 0.391 e. The number of nitrogens with one attached hydrogen (secondary N) is 4. The van der Waals surface area contributed by atoms with Crippen LogP contribution in [0.25, 0.3) is 43.1 Å². The average molecular weight is 1680 g/mol. The molecule has 0 radical (unpaired) electrons. The summed E-state index contributed by atoms with van der Waals surface area (Å²) in [5.74, 6) is -8.78. The molecule has 28 heteroatoms. The molecule has 6 aliphatic heterocycles. The standard InChI is InChI=1S/C96H78F6N8O14/c1-51-17-25-63(26-18-51)121-77-37-71-81-72(90(112)109(89(71)111)75(41-95(97,98)99)93(115)107(59-13-5-9-55(33-59)103-43-67-47-117-67)60-14-6-10-56(34-60)104-44-68-48-118-68)39-79(123-65-29-21-53(3)22-30-65)85-86-80(124-66-31-23-54(4)24-32-66)40-74-82-73(38-78(84(88(82)86)83(77)87(81)85)122-64-27-19-52(2)20-28-64)91(113)110(92(74)114)76(42-96(100,101)102)94(116)108(61-15-7-11-57(35-61)105-45-69-49-119-69)62-16-8-12-58(36-62)106-46-70-50-120-70/h5-40,67-70,75-76,103-106H,41-50H2,1-4H3. The molecule has 4 N–H and O–H groups in total. The van der Waals surface area contributed by atoms with Crippen molar-refractivity contribution in [3.05, 3.63) is 263 Å². The fourth-order valence-electron chi connectivity index (χ4n) is 16.2. The predicted molar refractivity (Wildman–Crippen MR) is 456 cm³/mol. The third-order valence-corrected chi connectivity index (χ3v) is 22.6. The molecule has 0 saturated carbocycles. The molecule has 628 valence electrons. The summed E-state index contributed by atoms with van der Waals surface area (Å²) in [7, 11) is 0. The lowest BCUT2D eigenvalue weighted by molar-refractivity contribution is -0.152. The van der Waals surface area contributed by atoms with Gasteiger partial charge in [-0.2, -0.15) is 26.3 Å². The lowest BCUT2D eigenvalue weighted by Gasteiger charge is -2.38. The Labute approximate surface area is 705 Å². The average Bonchev–Trinajstić information content (AvgIpc) is 1.65. The van der Waals surface area contributed by atoms with E-state index in [-0.39, 0.29) is 136 Å². The highest BCUT2D eigenvalue weighted by molar-refractivity contribution is 6.45. The molecular formula is C96H78F6N8O14.